The topological polar surface area (TPSA) is 47.6 Å². The van der Waals surface area contributed by atoms with Crippen LogP contribution in [0.5, 0.6) is 11.5 Å². The monoisotopic (exact) mass is 355 g/mol. The summed E-state index contributed by atoms with van der Waals surface area (Å²) >= 11 is 0. The molecule has 2 aromatic rings. The maximum Gasteiger partial charge on any atom is 0.224 e. The van der Waals surface area contributed by atoms with Gasteiger partial charge in [0, 0.05) is 12.1 Å². The number of rotatable bonds is 8. The lowest BCUT2D eigenvalue weighted by molar-refractivity contribution is -0.116. The Morgan fingerprint density at radius 3 is 2.00 bits per heavy atom. The number of ether oxygens (including phenoxy) is 2. The summed E-state index contributed by atoms with van der Waals surface area (Å²) in [6.45, 7) is 8.30. The van der Waals surface area contributed by atoms with E-state index in [-0.39, 0.29) is 17.9 Å². The summed E-state index contributed by atoms with van der Waals surface area (Å²) < 4.78 is 10.8. The number of nitrogens with one attached hydrogen (secondary N) is 1. The quantitative estimate of drug-likeness (QED) is 0.703. The summed E-state index contributed by atoms with van der Waals surface area (Å²) in [6.07, 6.45) is 0.589. The first-order valence-corrected chi connectivity index (χ1v) is 9.09. The molecule has 2 rings (SSSR count). The molecule has 0 aliphatic rings. The Hall–Kier alpha value is -2.49. The molecule has 0 radical (unpaired) electrons. The zero-order valence-corrected chi connectivity index (χ0v) is 16.3. The number of hydrogen-bond acceptors (Lipinski definition) is 3. The molecule has 0 unspecified atom stereocenters. The van der Waals surface area contributed by atoms with E-state index in [0.717, 1.165) is 22.7 Å². The molecule has 0 bridgehead atoms. The summed E-state index contributed by atoms with van der Waals surface area (Å²) in [5.41, 5.74) is 1.93. The Morgan fingerprint density at radius 2 is 1.50 bits per heavy atom. The van der Waals surface area contributed by atoms with Crippen LogP contribution in [0.3, 0.4) is 0 Å². The molecule has 0 aliphatic carbocycles. The van der Waals surface area contributed by atoms with Crippen molar-refractivity contribution in [2.24, 2.45) is 5.92 Å². The molecule has 0 saturated heterocycles. The minimum Gasteiger partial charge on any atom is -0.497 e. The molecule has 1 atom stereocenters. The van der Waals surface area contributed by atoms with Gasteiger partial charge in [-0.25, -0.2) is 0 Å². The fraction of sp³-hybridized carbons (Fsp3) is 0.409. The number of hydrogen-bond donors (Lipinski definition) is 1. The van der Waals surface area contributed by atoms with E-state index in [1.807, 2.05) is 50.2 Å². The molecule has 1 N–H and O–H groups in total. The molecule has 0 fully saturated rings. The van der Waals surface area contributed by atoms with Gasteiger partial charge in [0.25, 0.3) is 0 Å². The maximum atomic E-state index is 12.5. The molecule has 0 aliphatic heterocycles. The Balaban J connectivity index is 2.03. The lowest BCUT2D eigenvalue weighted by atomic mass is 9.85. The average Bonchev–Trinajstić information content (AvgIpc) is 2.60. The van der Waals surface area contributed by atoms with Gasteiger partial charge in [0.15, 0.2) is 0 Å². The number of carbonyl (C=O) groups excluding carboxylic acids is 1. The van der Waals surface area contributed by atoms with Crippen LogP contribution in [0.25, 0.3) is 0 Å². The Morgan fingerprint density at radius 1 is 0.923 bits per heavy atom. The van der Waals surface area contributed by atoms with Crippen molar-refractivity contribution < 1.29 is 14.3 Å². The largest absolute Gasteiger partial charge is 0.497 e. The van der Waals surface area contributed by atoms with Gasteiger partial charge in [0.1, 0.15) is 11.5 Å². The van der Waals surface area contributed by atoms with E-state index in [0.29, 0.717) is 12.3 Å². The summed E-state index contributed by atoms with van der Waals surface area (Å²) in [5, 5.41) is 2.97. The van der Waals surface area contributed by atoms with Crippen molar-refractivity contribution in [1.29, 1.82) is 0 Å². The third-order valence-corrected chi connectivity index (χ3v) is 4.26. The van der Waals surface area contributed by atoms with E-state index in [1.54, 1.807) is 7.11 Å². The zero-order valence-electron chi connectivity index (χ0n) is 16.3. The molecule has 4 nitrogen and oxygen atoms in total. The third-order valence-electron chi connectivity index (χ3n) is 4.26. The van der Waals surface area contributed by atoms with Crippen LogP contribution in [-0.4, -0.2) is 19.1 Å². The van der Waals surface area contributed by atoms with E-state index >= 15 is 0 Å². The molecule has 0 saturated carbocycles. The fourth-order valence-corrected chi connectivity index (χ4v) is 2.89. The first kappa shape index (κ1) is 19.8. The van der Waals surface area contributed by atoms with Gasteiger partial charge in [-0.15, -0.1) is 0 Å². The van der Waals surface area contributed by atoms with Crippen LogP contribution < -0.4 is 14.8 Å². The van der Waals surface area contributed by atoms with Crippen molar-refractivity contribution in [3.05, 3.63) is 54.1 Å². The number of benzene rings is 2. The molecule has 140 valence electrons. The first-order valence-electron chi connectivity index (χ1n) is 9.09. The normalized spacial score (nSPS) is 12.1. The fourth-order valence-electron chi connectivity index (χ4n) is 2.89. The molecule has 0 aromatic heterocycles. The highest BCUT2D eigenvalue weighted by Crippen LogP contribution is 2.30. The van der Waals surface area contributed by atoms with E-state index in [2.05, 4.69) is 31.3 Å². The predicted octanol–water partition coefficient (Wildman–Crippen LogP) is 5.25. The van der Waals surface area contributed by atoms with Crippen molar-refractivity contribution >= 4 is 11.6 Å². The second-order valence-corrected chi connectivity index (χ2v) is 7.07. The third kappa shape index (κ3) is 5.80. The van der Waals surface area contributed by atoms with Crippen LogP contribution in [0.4, 0.5) is 5.69 Å². The number of methoxy groups -OCH3 is 1. The molecule has 0 spiro atoms. The van der Waals surface area contributed by atoms with E-state index < -0.39 is 0 Å². The van der Waals surface area contributed by atoms with Gasteiger partial charge in [0.05, 0.1) is 13.2 Å². The molecular formula is C22H29NO3. The molecule has 2 aromatic carbocycles. The van der Waals surface area contributed by atoms with Crippen LogP contribution >= 0.6 is 0 Å². The van der Waals surface area contributed by atoms with Gasteiger partial charge in [-0.2, -0.15) is 0 Å². The van der Waals surface area contributed by atoms with Crippen LogP contribution in [0.2, 0.25) is 0 Å². The summed E-state index contributed by atoms with van der Waals surface area (Å²) in [7, 11) is 1.62. The predicted molar refractivity (Wildman–Crippen MR) is 106 cm³/mol. The smallest absolute Gasteiger partial charge is 0.224 e. The molecule has 4 heteroatoms. The minimum atomic E-state index is 0.0105. The number of anilines is 1. The van der Waals surface area contributed by atoms with Crippen LogP contribution in [0, 0.1) is 5.92 Å². The van der Waals surface area contributed by atoms with Gasteiger partial charge < -0.3 is 14.8 Å². The van der Waals surface area contributed by atoms with Crippen LogP contribution in [-0.2, 0) is 4.79 Å². The minimum absolute atomic E-state index is 0.0105. The second kappa shape index (κ2) is 9.27. The van der Waals surface area contributed by atoms with Crippen molar-refractivity contribution in [3.63, 3.8) is 0 Å². The molecule has 26 heavy (non-hydrogen) atoms. The Labute approximate surface area is 156 Å². The van der Waals surface area contributed by atoms with Crippen molar-refractivity contribution in [2.75, 3.05) is 12.4 Å². The van der Waals surface area contributed by atoms with Crippen LogP contribution in [0.1, 0.15) is 45.6 Å². The lowest BCUT2D eigenvalue weighted by Crippen LogP contribution is -2.18. The van der Waals surface area contributed by atoms with E-state index in [9.17, 15) is 4.79 Å². The lowest BCUT2D eigenvalue weighted by Gasteiger charge is -2.21. The highest BCUT2D eigenvalue weighted by molar-refractivity contribution is 5.91. The SMILES string of the molecule is COc1ccc(NC(=O)C[C@@H](c2ccc(OC(C)C)cc2)C(C)C)cc1. The maximum absolute atomic E-state index is 12.5. The second-order valence-electron chi connectivity index (χ2n) is 7.07. The highest BCUT2D eigenvalue weighted by Gasteiger charge is 2.20. The van der Waals surface area contributed by atoms with Gasteiger partial charge >= 0.3 is 0 Å². The van der Waals surface area contributed by atoms with Crippen molar-refractivity contribution in [2.45, 2.75) is 46.1 Å². The summed E-state index contributed by atoms with van der Waals surface area (Å²) in [5.74, 6) is 2.15. The molecule has 1 amide bonds. The van der Waals surface area contributed by atoms with Gasteiger partial charge in [-0.05, 0) is 67.6 Å². The van der Waals surface area contributed by atoms with E-state index in [4.69, 9.17) is 9.47 Å². The standard InChI is InChI=1S/C22H29NO3/c1-15(2)21(17-6-10-20(11-7-17)26-16(3)4)14-22(24)23-18-8-12-19(25-5)13-9-18/h6-13,15-16,21H,14H2,1-5H3,(H,23,24)/t21-/m1/s1. The van der Waals surface area contributed by atoms with E-state index in [1.165, 1.54) is 0 Å². The Bertz CT molecular complexity index is 690. The number of amides is 1. The molecular weight excluding hydrogens is 326 g/mol. The van der Waals surface area contributed by atoms with Crippen LogP contribution in [0.15, 0.2) is 48.5 Å². The Kier molecular flexibility index (Phi) is 7.07. The summed E-state index contributed by atoms with van der Waals surface area (Å²) in [4.78, 5) is 12.5. The zero-order chi connectivity index (χ0) is 19.1. The molecule has 0 heterocycles. The summed E-state index contributed by atoms with van der Waals surface area (Å²) in [6, 6.07) is 15.4. The van der Waals surface area contributed by atoms with Gasteiger partial charge in [-0.3, -0.25) is 4.79 Å². The van der Waals surface area contributed by atoms with Gasteiger partial charge in [-0.1, -0.05) is 26.0 Å². The first-order chi connectivity index (χ1) is 12.4. The average molecular weight is 355 g/mol. The van der Waals surface area contributed by atoms with Crippen molar-refractivity contribution in [3.8, 4) is 11.5 Å². The van der Waals surface area contributed by atoms with Crippen molar-refractivity contribution in [1.82, 2.24) is 0 Å². The highest BCUT2D eigenvalue weighted by atomic mass is 16.5. The number of carbonyl (C=O) groups is 1. The van der Waals surface area contributed by atoms with Gasteiger partial charge in [0.2, 0.25) is 5.91 Å².